The third-order valence-corrected chi connectivity index (χ3v) is 3.58. The van der Waals surface area contributed by atoms with Crippen LogP contribution in [0.5, 0.6) is 0 Å². The van der Waals surface area contributed by atoms with Gasteiger partial charge < -0.3 is 9.73 Å². The first kappa shape index (κ1) is 12.3. The van der Waals surface area contributed by atoms with E-state index in [9.17, 15) is 4.79 Å². The van der Waals surface area contributed by atoms with E-state index in [1.54, 1.807) is 0 Å². The van der Waals surface area contributed by atoms with Crippen molar-refractivity contribution >= 4 is 22.6 Å². The monoisotopic (exact) mass is 257 g/mol. The lowest BCUT2D eigenvalue weighted by molar-refractivity contribution is -0.116. The minimum absolute atomic E-state index is 0.0782. The SMILES string of the molecule is CC(C)CC(=O)Nc1ccc2oc3c(c2c1)CCC3. The zero-order chi connectivity index (χ0) is 13.4. The molecule has 1 aliphatic carbocycles. The van der Waals surface area contributed by atoms with Crippen molar-refractivity contribution in [2.24, 2.45) is 5.92 Å². The number of benzene rings is 1. The zero-order valence-electron chi connectivity index (χ0n) is 11.5. The van der Waals surface area contributed by atoms with Gasteiger partial charge in [-0.1, -0.05) is 13.8 Å². The van der Waals surface area contributed by atoms with Gasteiger partial charge in [0.2, 0.25) is 5.91 Å². The molecule has 1 amide bonds. The van der Waals surface area contributed by atoms with Gasteiger partial charge in [-0.05, 0) is 37.0 Å². The number of hydrogen-bond donors (Lipinski definition) is 1. The maximum atomic E-state index is 11.8. The Morgan fingerprint density at radius 3 is 3.00 bits per heavy atom. The van der Waals surface area contributed by atoms with Gasteiger partial charge in [0.05, 0.1) is 0 Å². The van der Waals surface area contributed by atoms with Crippen molar-refractivity contribution in [3.8, 4) is 0 Å². The lowest BCUT2D eigenvalue weighted by atomic mass is 10.1. The molecular weight excluding hydrogens is 238 g/mol. The fourth-order valence-electron chi connectivity index (χ4n) is 2.76. The molecule has 3 rings (SSSR count). The molecule has 1 aromatic heterocycles. The number of hydrogen-bond acceptors (Lipinski definition) is 2. The van der Waals surface area contributed by atoms with E-state index in [-0.39, 0.29) is 5.91 Å². The van der Waals surface area contributed by atoms with Crippen LogP contribution in [-0.2, 0) is 17.6 Å². The van der Waals surface area contributed by atoms with Gasteiger partial charge >= 0.3 is 0 Å². The molecule has 0 saturated carbocycles. The van der Waals surface area contributed by atoms with Crippen molar-refractivity contribution in [2.75, 3.05) is 5.32 Å². The Bertz CT molecular complexity index is 625. The molecule has 100 valence electrons. The lowest BCUT2D eigenvalue weighted by Gasteiger charge is -2.07. The molecule has 0 aliphatic heterocycles. The molecule has 0 spiro atoms. The second-order valence-corrected chi connectivity index (χ2v) is 5.71. The van der Waals surface area contributed by atoms with Crippen LogP contribution in [0.1, 0.15) is 38.0 Å². The Morgan fingerprint density at radius 2 is 2.21 bits per heavy atom. The van der Waals surface area contributed by atoms with E-state index >= 15 is 0 Å². The predicted octanol–water partition coefficient (Wildman–Crippen LogP) is 3.91. The third-order valence-electron chi connectivity index (χ3n) is 3.58. The second kappa shape index (κ2) is 4.72. The summed E-state index contributed by atoms with van der Waals surface area (Å²) in [5.74, 6) is 1.58. The summed E-state index contributed by atoms with van der Waals surface area (Å²) in [6.45, 7) is 4.09. The summed E-state index contributed by atoms with van der Waals surface area (Å²) in [6, 6.07) is 5.92. The first-order valence-electron chi connectivity index (χ1n) is 6.97. The molecule has 0 radical (unpaired) electrons. The summed E-state index contributed by atoms with van der Waals surface area (Å²) in [4.78, 5) is 11.8. The molecule has 3 nitrogen and oxygen atoms in total. The highest BCUT2D eigenvalue weighted by Gasteiger charge is 2.19. The molecule has 1 N–H and O–H groups in total. The van der Waals surface area contributed by atoms with E-state index in [0.29, 0.717) is 12.3 Å². The van der Waals surface area contributed by atoms with Gasteiger partial charge in [-0.15, -0.1) is 0 Å². The molecule has 0 atom stereocenters. The van der Waals surface area contributed by atoms with Crippen LogP contribution in [0, 0.1) is 5.92 Å². The highest BCUT2D eigenvalue weighted by Crippen LogP contribution is 2.34. The van der Waals surface area contributed by atoms with E-state index in [1.807, 2.05) is 32.0 Å². The molecular formula is C16H19NO2. The largest absolute Gasteiger partial charge is 0.461 e. The fourth-order valence-corrected chi connectivity index (χ4v) is 2.76. The van der Waals surface area contributed by atoms with Gasteiger partial charge in [0.15, 0.2) is 0 Å². The third kappa shape index (κ3) is 2.37. The topological polar surface area (TPSA) is 42.2 Å². The van der Waals surface area contributed by atoms with Gasteiger partial charge in [-0.2, -0.15) is 0 Å². The van der Waals surface area contributed by atoms with Crippen LogP contribution in [0.15, 0.2) is 22.6 Å². The molecule has 2 aromatic rings. The summed E-state index contributed by atoms with van der Waals surface area (Å²) in [6.07, 6.45) is 3.86. The average Bonchev–Trinajstić information content (AvgIpc) is 2.88. The van der Waals surface area contributed by atoms with Crippen LogP contribution in [0.3, 0.4) is 0 Å². The molecule has 0 unspecified atom stereocenters. The van der Waals surface area contributed by atoms with E-state index in [2.05, 4.69) is 5.32 Å². The molecule has 0 fully saturated rings. The average molecular weight is 257 g/mol. The van der Waals surface area contributed by atoms with Gasteiger partial charge in [-0.3, -0.25) is 4.79 Å². The Hall–Kier alpha value is -1.77. The van der Waals surface area contributed by atoms with Crippen molar-refractivity contribution in [1.29, 1.82) is 0 Å². The van der Waals surface area contributed by atoms with E-state index in [4.69, 9.17) is 4.42 Å². The van der Waals surface area contributed by atoms with Crippen molar-refractivity contribution < 1.29 is 9.21 Å². The van der Waals surface area contributed by atoms with Gasteiger partial charge in [0.1, 0.15) is 11.3 Å². The summed E-state index contributed by atoms with van der Waals surface area (Å²) in [5.41, 5.74) is 3.13. The highest BCUT2D eigenvalue weighted by molar-refractivity contribution is 5.94. The molecule has 1 aromatic carbocycles. The van der Waals surface area contributed by atoms with Crippen LogP contribution < -0.4 is 5.32 Å². The minimum atomic E-state index is 0.0782. The number of carbonyl (C=O) groups is 1. The van der Waals surface area contributed by atoms with Crippen molar-refractivity contribution in [1.82, 2.24) is 0 Å². The Kier molecular flexibility index (Phi) is 3.05. The Morgan fingerprint density at radius 1 is 1.37 bits per heavy atom. The molecule has 3 heteroatoms. The zero-order valence-corrected chi connectivity index (χ0v) is 11.5. The molecule has 1 aliphatic rings. The van der Waals surface area contributed by atoms with E-state index < -0.39 is 0 Å². The predicted molar refractivity (Wildman–Crippen MR) is 76.3 cm³/mol. The molecule has 1 heterocycles. The highest BCUT2D eigenvalue weighted by atomic mass is 16.3. The number of aryl methyl sites for hydroxylation is 2. The molecule has 0 bridgehead atoms. The second-order valence-electron chi connectivity index (χ2n) is 5.71. The maximum Gasteiger partial charge on any atom is 0.224 e. The van der Waals surface area contributed by atoms with Crippen molar-refractivity contribution in [2.45, 2.75) is 39.5 Å². The van der Waals surface area contributed by atoms with Crippen LogP contribution >= 0.6 is 0 Å². The summed E-state index contributed by atoms with van der Waals surface area (Å²) in [7, 11) is 0. The Labute approximate surface area is 113 Å². The number of rotatable bonds is 3. The van der Waals surface area contributed by atoms with Gasteiger partial charge in [-0.25, -0.2) is 0 Å². The number of amides is 1. The van der Waals surface area contributed by atoms with Gasteiger partial charge in [0, 0.05) is 29.5 Å². The number of carbonyl (C=O) groups excluding carboxylic acids is 1. The lowest BCUT2D eigenvalue weighted by Crippen LogP contribution is -2.13. The van der Waals surface area contributed by atoms with Gasteiger partial charge in [0.25, 0.3) is 0 Å². The van der Waals surface area contributed by atoms with E-state index in [1.165, 1.54) is 12.0 Å². The number of nitrogens with one attached hydrogen (secondary N) is 1. The number of fused-ring (bicyclic) bond motifs is 3. The van der Waals surface area contributed by atoms with E-state index in [0.717, 1.165) is 35.3 Å². The van der Waals surface area contributed by atoms with Crippen molar-refractivity contribution in [3.63, 3.8) is 0 Å². The summed E-state index contributed by atoms with van der Waals surface area (Å²) in [5, 5.41) is 4.13. The maximum absolute atomic E-state index is 11.8. The summed E-state index contributed by atoms with van der Waals surface area (Å²) >= 11 is 0. The summed E-state index contributed by atoms with van der Waals surface area (Å²) < 4.78 is 5.82. The fraction of sp³-hybridized carbons (Fsp3) is 0.438. The van der Waals surface area contributed by atoms with Crippen LogP contribution in [0.4, 0.5) is 5.69 Å². The molecule has 19 heavy (non-hydrogen) atoms. The number of furan rings is 1. The Balaban J connectivity index is 1.87. The standard InChI is InChI=1S/C16H19NO2/c1-10(2)8-16(18)17-11-6-7-15-13(9-11)12-4-3-5-14(12)19-15/h6-7,9-10H,3-5,8H2,1-2H3,(H,17,18). The number of anilines is 1. The quantitative estimate of drug-likeness (QED) is 0.906. The smallest absolute Gasteiger partial charge is 0.224 e. The minimum Gasteiger partial charge on any atom is -0.461 e. The van der Waals surface area contributed by atoms with Crippen molar-refractivity contribution in [3.05, 3.63) is 29.5 Å². The van der Waals surface area contributed by atoms with Crippen LogP contribution in [0.2, 0.25) is 0 Å². The first-order valence-corrected chi connectivity index (χ1v) is 6.97. The molecule has 0 saturated heterocycles. The van der Waals surface area contributed by atoms with Crippen LogP contribution in [0.25, 0.3) is 11.0 Å². The normalized spacial score (nSPS) is 14.1. The first-order chi connectivity index (χ1) is 9.13. The van der Waals surface area contributed by atoms with Crippen LogP contribution in [-0.4, -0.2) is 5.91 Å².